The van der Waals surface area contributed by atoms with Gasteiger partial charge in [0.05, 0.1) is 12.6 Å². The lowest BCUT2D eigenvalue weighted by atomic mass is 10.0. The van der Waals surface area contributed by atoms with Crippen LogP contribution in [0, 0.1) is 0 Å². The Kier molecular flexibility index (Phi) is 4.18. The summed E-state index contributed by atoms with van der Waals surface area (Å²) in [6.45, 7) is 2.89. The summed E-state index contributed by atoms with van der Waals surface area (Å²) in [6.07, 6.45) is 3.17. The topological polar surface area (TPSA) is 58.6 Å². The number of ether oxygens (including phenoxy) is 1. The minimum Gasteiger partial charge on any atom is -0.480 e. The van der Waals surface area contributed by atoms with Gasteiger partial charge in [0.15, 0.2) is 0 Å². The number of carboxylic acid groups (broad SMARTS) is 1. The second kappa shape index (κ2) is 5.19. The van der Waals surface area contributed by atoms with Crippen LogP contribution in [0.25, 0.3) is 0 Å². The molecule has 0 aliphatic carbocycles. The Morgan fingerprint density at radius 2 is 2.46 bits per heavy atom. The SMILES string of the molecule is CCC1CC(NCC(=O)O)CCO1. The van der Waals surface area contributed by atoms with Gasteiger partial charge in [-0.2, -0.15) is 0 Å². The second-order valence-corrected chi connectivity index (χ2v) is 3.40. The number of rotatable bonds is 4. The molecule has 0 bridgehead atoms. The molecule has 1 aliphatic heterocycles. The maximum Gasteiger partial charge on any atom is 0.317 e. The number of nitrogens with one attached hydrogen (secondary N) is 1. The van der Waals surface area contributed by atoms with Crippen LogP contribution < -0.4 is 5.32 Å². The van der Waals surface area contributed by atoms with Crippen molar-refractivity contribution in [1.29, 1.82) is 0 Å². The van der Waals surface area contributed by atoms with Gasteiger partial charge in [-0.05, 0) is 19.3 Å². The van der Waals surface area contributed by atoms with E-state index < -0.39 is 5.97 Å². The number of carbonyl (C=O) groups is 1. The number of hydrogen-bond acceptors (Lipinski definition) is 3. The molecule has 2 unspecified atom stereocenters. The summed E-state index contributed by atoms with van der Waals surface area (Å²) < 4.78 is 5.48. The lowest BCUT2D eigenvalue weighted by Gasteiger charge is -2.29. The van der Waals surface area contributed by atoms with Crippen LogP contribution in [0.5, 0.6) is 0 Å². The fourth-order valence-electron chi connectivity index (χ4n) is 1.58. The molecule has 0 spiro atoms. The van der Waals surface area contributed by atoms with Gasteiger partial charge in [-0.3, -0.25) is 4.79 Å². The molecule has 76 valence electrons. The first kappa shape index (κ1) is 10.5. The van der Waals surface area contributed by atoms with Crippen LogP contribution in [0.2, 0.25) is 0 Å². The summed E-state index contributed by atoms with van der Waals surface area (Å²) in [5.74, 6) is -0.792. The number of aliphatic carboxylic acids is 1. The normalized spacial score (nSPS) is 28.7. The third-order valence-electron chi connectivity index (χ3n) is 2.36. The van der Waals surface area contributed by atoms with E-state index in [0.717, 1.165) is 25.9 Å². The van der Waals surface area contributed by atoms with Crippen molar-refractivity contribution in [3.8, 4) is 0 Å². The highest BCUT2D eigenvalue weighted by atomic mass is 16.5. The number of carboxylic acids is 1. The van der Waals surface area contributed by atoms with Gasteiger partial charge in [0.25, 0.3) is 0 Å². The molecule has 0 saturated carbocycles. The van der Waals surface area contributed by atoms with E-state index in [2.05, 4.69) is 12.2 Å². The Morgan fingerprint density at radius 3 is 3.08 bits per heavy atom. The molecule has 0 aromatic carbocycles. The molecule has 2 N–H and O–H groups in total. The van der Waals surface area contributed by atoms with Crippen LogP contribution in [0.3, 0.4) is 0 Å². The molecule has 0 amide bonds. The maximum atomic E-state index is 10.3. The fraction of sp³-hybridized carbons (Fsp3) is 0.889. The van der Waals surface area contributed by atoms with E-state index in [-0.39, 0.29) is 6.54 Å². The molecule has 0 radical (unpaired) electrons. The zero-order valence-electron chi connectivity index (χ0n) is 7.95. The van der Waals surface area contributed by atoms with Gasteiger partial charge in [-0.15, -0.1) is 0 Å². The van der Waals surface area contributed by atoms with Crippen LogP contribution in [-0.2, 0) is 9.53 Å². The summed E-state index contributed by atoms with van der Waals surface area (Å²) in [4.78, 5) is 10.3. The van der Waals surface area contributed by atoms with Gasteiger partial charge in [0.1, 0.15) is 0 Å². The van der Waals surface area contributed by atoms with Gasteiger partial charge in [0, 0.05) is 12.6 Å². The molecule has 13 heavy (non-hydrogen) atoms. The van der Waals surface area contributed by atoms with Crippen molar-refractivity contribution in [3.05, 3.63) is 0 Å². The van der Waals surface area contributed by atoms with Crippen molar-refractivity contribution in [2.75, 3.05) is 13.2 Å². The highest BCUT2D eigenvalue weighted by Crippen LogP contribution is 2.15. The minimum atomic E-state index is -0.792. The first-order chi connectivity index (χ1) is 6.22. The van der Waals surface area contributed by atoms with Crippen molar-refractivity contribution in [1.82, 2.24) is 5.32 Å². The first-order valence-corrected chi connectivity index (χ1v) is 4.79. The summed E-state index contributed by atoms with van der Waals surface area (Å²) in [6, 6.07) is 0.315. The van der Waals surface area contributed by atoms with Gasteiger partial charge in [-0.25, -0.2) is 0 Å². The maximum absolute atomic E-state index is 10.3. The average molecular weight is 187 g/mol. The predicted molar refractivity (Wildman–Crippen MR) is 48.7 cm³/mol. The standard InChI is InChI=1S/C9H17NO3/c1-2-8-5-7(3-4-13-8)10-6-9(11)12/h7-8,10H,2-6H2,1H3,(H,11,12). The van der Waals surface area contributed by atoms with Gasteiger partial charge in [-0.1, -0.05) is 6.92 Å². The second-order valence-electron chi connectivity index (χ2n) is 3.40. The predicted octanol–water partition coefficient (Wildman–Crippen LogP) is 0.618. The molecule has 1 heterocycles. The summed E-state index contributed by atoms with van der Waals surface area (Å²) >= 11 is 0. The molecule has 2 atom stereocenters. The van der Waals surface area contributed by atoms with Gasteiger partial charge < -0.3 is 15.2 Å². The molecule has 1 saturated heterocycles. The van der Waals surface area contributed by atoms with E-state index in [9.17, 15) is 4.79 Å². The fourth-order valence-corrected chi connectivity index (χ4v) is 1.58. The zero-order chi connectivity index (χ0) is 9.68. The highest BCUT2D eigenvalue weighted by Gasteiger charge is 2.20. The van der Waals surface area contributed by atoms with E-state index >= 15 is 0 Å². The Labute approximate surface area is 78.3 Å². The van der Waals surface area contributed by atoms with E-state index in [0.29, 0.717) is 12.1 Å². The van der Waals surface area contributed by atoms with Gasteiger partial charge >= 0.3 is 5.97 Å². The highest BCUT2D eigenvalue weighted by molar-refractivity contribution is 5.69. The third kappa shape index (κ3) is 3.74. The smallest absolute Gasteiger partial charge is 0.317 e. The van der Waals surface area contributed by atoms with Crippen LogP contribution in [0.4, 0.5) is 0 Å². The molecule has 1 fully saturated rings. The lowest BCUT2D eigenvalue weighted by Crippen LogP contribution is -2.40. The van der Waals surface area contributed by atoms with E-state index in [1.165, 1.54) is 0 Å². The Morgan fingerprint density at radius 1 is 1.69 bits per heavy atom. The van der Waals surface area contributed by atoms with E-state index in [1.807, 2.05) is 0 Å². The quantitative estimate of drug-likeness (QED) is 0.677. The van der Waals surface area contributed by atoms with Crippen LogP contribution in [0.1, 0.15) is 26.2 Å². The summed E-state index contributed by atoms with van der Waals surface area (Å²) in [7, 11) is 0. The van der Waals surface area contributed by atoms with Crippen molar-refractivity contribution < 1.29 is 14.6 Å². The van der Waals surface area contributed by atoms with Crippen LogP contribution >= 0.6 is 0 Å². The van der Waals surface area contributed by atoms with Crippen molar-refractivity contribution >= 4 is 5.97 Å². The molecule has 4 heteroatoms. The Balaban J connectivity index is 2.21. The molecule has 0 aromatic heterocycles. The lowest BCUT2D eigenvalue weighted by molar-refractivity contribution is -0.136. The molecular formula is C9H17NO3. The molecule has 1 aliphatic rings. The van der Waals surface area contributed by atoms with E-state index in [4.69, 9.17) is 9.84 Å². The third-order valence-corrected chi connectivity index (χ3v) is 2.36. The summed E-state index contributed by atoms with van der Waals surface area (Å²) in [5.41, 5.74) is 0. The molecular weight excluding hydrogens is 170 g/mol. The first-order valence-electron chi connectivity index (χ1n) is 4.79. The Hall–Kier alpha value is -0.610. The molecule has 4 nitrogen and oxygen atoms in total. The zero-order valence-corrected chi connectivity index (χ0v) is 7.95. The Bertz CT molecular complexity index is 172. The van der Waals surface area contributed by atoms with Crippen molar-refractivity contribution in [3.63, 3.8) is 0 Å². The van der Waals surface area contributed by atoms with Gasteiger partial charge in [0.2, 0.25) is 0 Å². The largest absolute Gasteiger partial charge is 0.480 e. The van der Waals surface area contributed by atoms with Crippen molar-refractivity contribution in [2.24, 2.45) is 0 Å². The molecule has 1 rings (SSSR count). The van der Waals surface area contributed by atoms with Crippen molar-refractivity contribution in [2.45, 2.75) is 38.3 Å². The summed E-state index contributed by atoms with van der Waals surface area (Å²) in [5, 5.41) is 11.5. The van der Waals surface area contributed by atoms with E-state index in [1.54, 1.807) is 0 Å². The van der Waals surface area contributed by atoms with Crippen LogP contribution in [-0.4, -0.2) is 36.4 Å². The molecule has 0 aromatic rings. The number of hydrogen-bond donors (Lipinski definition) is 2. The minimum absolute atomic E-state index is 0.0566. The average Bonchev–Trinajstić information content (AvgIpc) is 2.15. The van der Waals surface area contributed by atoms with Crippen LogP contribution in [0.15, 0.2) is 0 Å². The monoisotopic (exact) mass is 187 g/mol.